The molecule has 11 nitrogen and oxygen atoms in total. The summed E-state index contributed by atoms with van der Waals surface area (Å²) in [6.07, 6.45) is 10.3. The zero-order chi connectivity index (χ0) is 46.3. The van der Waals surface area contributed by atoms with E-state index in [1.807, 2.05) is 24.3 Å². The van der Waals surface area contributed by atoms with Crippen molar-refractivity contribution in [2.24, 2.45) is 23.7 Å². The number of carbonyl (C=O) groups is 3. The number of amides is 4. The van der Waals surface area contributed by atoms with Crippen LogP contribution in [0.2, 0.25) is 0 Å². The summed E-state index contributed by atoms with van der Waals surface area (Å²) in [4.78, 5) is 41.4. The van der Waals surface area contributed by atoms with E-state index in [0.717, 1.165) is 75.7 Å². The standard InChI is InChI=1S/C53H74N4O7/c1-9-13-15-39(11-3)35-63-49-27-21-43(33-47(49)51(58)54-41-17-23-45(24-18-41)61-31-29-37(5)6)56-53(60)57-44-22-28-50(64-36-40(12-4)16-14-10-2)48(34-44)52(59)55-42-19-25-46(26-20-42)62-32-30-38(7)8/h17-28,33-34,37-40H,9-16,29-32,35-36H2,1-8H3,(H,54,58)(H,55,59)(H2,56,57,60). The van der Waals surface area contributed by atoms with E-state index in [9.17, 15) is 14.4 Å². The lowest BCUT2D eigenvalue weighted by molar-refractivity contribution is 0.101. The van der Waals surface area contributed by atoms with Crippen LogP contribution in [-0.2, 0) is 0 Å². The predicted molar refractivity (Wildman–Crippen MR) is 262 cm³/mol. The summed E-state index contributed by atoms with van der Waals surface area (Å²) < 4.78 is 24.3. The largest absolute Gasteiger partial charge is 0.494 e. The van der Waals surface area contributed by atoms with Gasteiger partial charge in [0, 0.05) is 22.7 Å². The Kier molecular flexibility index (Phi) is 21.9. The van der Waals surface area contributed by atoms with Crippen molar-refractivity contribution in [2.75, 3.05) is 47.7 Å². The second-order valence-corrected chi connectivity index (χ2v) is 17.5. The number of hydrogen-bond acceptors (Lipinski definition) is 7. The van der Waals surface area contributed by atoms with E-state index in [2.05, 4.69) is 76.7 Å². The third kappa shape index (κ3) is 17.8. The minimum atomic E-state index is -0.558. The van der Waals surface area contributed by atoms with Crippen LogP contribution in [0.3, 0.4) is 0 Å². The number of ether oxygens (including phenoxy) is 4. The highest BCUT2D eigenvalue weighted by Gasteiger charge is 2.20. The highest BCUT2D eigenvalue weighted by Crippen LogP contribution is 2.29. The minimum Gasteiger partial charge on any atom is -0.494 e. The second kappa shape index (κ2) is 27.5. The molecule has 4 aromatic carbocycles. The summed E-state index contributed by atoms with van der Waals surface area (Å²) in [7, 11) is 0. The van der Waals surface area contributed by atoms with Gasteiger partial charge in [0.1, 0.15) is 23.0 Å². The fourth-order valence-electron chi connectivity index (χ4n) is 6.82. The number of hydrogen-bond donors (Lipinski definition) is 4. The van der Waals surface area contributed by atoms with E-state index in [4.69, 9.17) is 18.9 Å². The summed E-state index contributed by atoms with van der Waals surface area (Å²) in [5.41, 5.74) is 2.52. The van der Waals surface area contributed by atoms with E-state index in [-0.39, 0.29) is 22.9 Å². The van der Waals surface area contributed by atoms with Gasteiger partial charge in [0.05, 0.1) is 37.6 Å². The molecule has 0 spiro atoms. The van der Waals surface area contributed by atoms with Crippen LogP contribution < -0.4 is 40.2 Å². The summed E-state index contributed by atoms with van der Waals surface area (Å²) in [6.45, 7) is 19.4. The lowest BCUT2D eigenvalue weighted by atomic mass is 10.0. The number of urea groups is 1. The SMILES string of the molecule is CCCCC(CC)COc1ccc(NC(=O)Nc2ccc(OCC(CC)CCCC)c(C(=O)Nc3ccc(OCCC(C)C)cc3)c2)cc1C(=O)Nc1ccc(OCCC(C)C)cc1. The Morgan fingerprint density at radius 1 is 0.469 bits per heavy atom. The molecule has 4 aromatic rings. The first kappa shape index (κ1) is 50.9. The van der Waals surface area contributed by atoms with Gasteiger partial charge in [-0.05, 0) is 134 Å². The van der Waals surface area contributed by atoms with Crippen molar-refractivity contribution in [3.63, 3.8) is 0 Å². The number of nitrogens with one attached hydrogen (secondary N) is 4. The lowest BCUT2D eigenvalue weighted by Crippen LogP contribution is -2.21. The molecule has 0 bridgehead atoms. The lowest BCUT2D eigenvalue weighted by Gasteiger charge is -2.19. The van der Waals surface area contributed by atoms with Gasteiger partial charge < -0.3 is 40.2 Å². The first-order valence-corrected chi connectivity index (χ1v) is 23.6. The highest BCUT2D eigenvalue weighted by atomic mass is 16.5. The van der Waals surface area contributed by atoms with Crippen molar-refractivity contribution in [3.05, 3.63) is 96.1 Å². The summed E-state index contributed by atoms with van der Waals surface area (Å²) in [6, 6.07) is 24.1. The van der Waals surface area contributed by atoms with Crippen molar-refractivity contribution >= 4 is 40.6 Å². The molecule has 0 aliphatic carbocycles. The molecule has 0 saturated heterocycles. The van der Waals surface area contributed by atoms with E-state index in [0.29, 0.717) is 84.3 Å². The zero-order valence-electron chi connectivity index (χ0n) is 39.6. The number of carbonyl (C=O) groups excluding carboxylic acids is 3. The molecule has 0 aliphatic heterocycles. The van der Waals surface area contributed by atoms with Crippen LogP contribution in [0.25, 0.3) is 0 Å². The Morgan fingerprint density at radius 3 is 1.19 bits per heavy atom. The molecule has 2 unspecified atom stereocenters. The Balaban J connectivity index is 1.53. The van der Waals surface area contributed by atoms with E-state index >= 15 is 0 Å². The zero-order valence-corrected chi connectivity index (χ0v) is 39.6. The molecule has 348 valence electrons. The fourth-order valence-corrected chi connectivity index (χ4v) is 6.82. The molecular weight excluding hydrogens is 805 g/mol. The van der Waals surface area contributed by atoms with E-state index < -0.39 is 6.03 Å². The van der Waals surface area contributed by atoms with Crippen LogP contribution in [0.15, 0.2) is 84.9 Å². The number of rotatable bonds is 28. The molecule has 4 rings (SSSR count). The van der Waals surface area contributed by atoms with Crippen LogP contribution in [0, 0.1) is 23.7 Å². The maximum absolute atomic E-state index is 13.9. The second-order valence-electron chi connectivity index (χ2n) is 17.5. The molecule has 0 radical (unpaired) electrons. The van der Waals surface area contributed by atoms with Gasteiger partial charge in [-0.1, -0.05) is 93.9 Å². The van der Waals surface area contributed by atoms with Gasteiger partial charge in [-0.15, -0.1) is 0 Å². The van der Waals surface area contributed by atoms with Crippen molar-refractivity contribution in [1.29, 1.82) is 0 Å². The molecule has 4 amide bonds. The van der Waals surface area contributed by atoms with E-state index in [1.54, 1.807) is 60.7 Å². The van der Waals surface area contributed by atoms with Crippen LogP contribution in [-0.4, -0.2) is 44.3 Å². The van der Waals surface area contributed by atoms with E-state index in [1.165, 1.54) is 0 Å². The monoisotopic (exact) mass is 879 g/mol. The Hall–Kier alpha value is -5.71. The topological polar surface area (TPSA) is 136 Å². The van der Waals surface area contributed by atoms with Gasteiger partial charge >= 0.3 is 6.03 Å². The molecule has 0 fully saturated rings. The van der Waals surface area contributed by atoms with Crippen molar-refractivity contribution in [3.8, 4) is 23.0 Å². The highest BCUT2D eigenvalue weighted by molar-refractivity contribution is 6.09. The number of unbranched alkanes of at least 4 members (excludes halogenated alkanes) is 2. The summed E-state index contributed by atoms with van der Waals surface area (Å²) >= 11 is 0. The Bertz CT molecular complexity index is 1870. The average molecular weight is 879 g/mol. The van der Waals surface area contributed by atoms with Crippen LogP contribution in [0.5, 0.6) is 23.0 Å². The maximum atomic E-state index is 13.9. The first-order valence-electron chi connectivity index (χ1n) is 23.6. The van der Waals surface area contributed by atoms with Crippen LogP contribution >= 0.6 is 0 Å². The summed E-state index contributed by atoms with van der Waals surface area (Å²) in [5, 5.41) is 11.7. The molecule has 0 aromatic heterocycles. The molecule has 0 heterocycles. The molecule has 11 heteroatoms. The van der Waals surface area contributed by atoms with Gasteiger partial charge in [-0.25, -0.2) is 4.79 Å². The molecule has 0 saturated carbocycles. The van der Waals surface area contributed by atoms with Gasteiger partial charge in [0.15, 0.2) is 0 Å². The van der Waals surface area contributed by atoms with Crippen molar-refractivity contribution < 1.29 is 33.3 Å². The Morgan fingerprint density at radius 2 is 0.844 bits per heavy atom. The third-order valence-electron chi connectivity index (χ3n) is 11.2. The smallest absolute Gasteiger partial charge is 0.323 e. The molecule has 64 heavy (non-hydrogen) atoms. The van der Waals surface area contributed by atoms with Gasteiger partial charge in [0.25, 0.3) is 11.8 Å². The van der Waals surface area contributed by atoms with Crippen LogP contribution in [0.1, 0.15) is 140 Å². The fraction of sp³-hybridized carbons (Fsp3) is 0.491. The van der Waals surface area contributed by atoms with Gasteiger partial charge in [-0.3, -0.25) is 9.59 Å². The molecule has 0 aliphatic rings. The predicted octanol–water partition coefficient (Wildman–Crippen LogP) is 13.9. The van der Waals surface area contributed by atoms with Crippen molar-refractivity contribution in [1.82, 2.24) is 0 Å². The molecular formula is C53H74N4O7. The molecule has 2 atom stereocenters. The normalized spacial score (nSPS) is 12.0. The Labute approximate surface area is 382 Å². The third-order valence-corrected chi connectivity index (χ3v) is 11.2. The number of anilines is 4. The maximum Gasteiger partial charge on any atom is 0.323 e. The number of benzene rings is 4. The average Bonchev–Trinajstić information content (AvgIpc) is 3.28. The van der Waals surface area contributed by atoms with Crippen LogP contribution in [0.4, 0.5) is 27.5 Å². The van der Waals surface area contributed by atoms with Crippen molar-refractivity contribution in [2.45, 2.75) is 120 Å². The van der Waals surface area contributed by atoms with Gasteiger partial charge in [-0.2, -0.15) is 0 Å². The minimum absolute atomic E-state index is 0.278. The quantitative estimate of drug-likeness (QED) is 0.0446. The first-order chi connectivity index (χ1) is 30.9. The molecule has 4 N–H and O–H groups in total. The summed E-state index contributed by atoms with van der Waals surface area (Å²) in [5.74, 6) is 3.32. The van der Waals surface area contributed by atoms with Gasteiger partial charge in [0.2, 0.25) is 0 Å².